The van der Waals surface area contributed by atoms with Crippen molar-refractivity contribution in [3.63, 3.8) is 0 Å². The van der Waals surface area contributed by atoms with Gasteiger partial charge in [0.1, 0.15) is 0 Å². The van der Waals surface area contributed by atoms with Crippen molar-refractivity contribution in [3.05, 3.63) is 0 Å². The molecule has 0 heterocycles. The summed E-state index contributed by atoms with van der Waals surface area (Å²) in [5.41, 5.74) is 0. The molecule has 0 fully saturated rings. The van der Waals surface area contributed by atoms with E-state index in [2.05, 4.69) is 27.6 Å². The van der Waals surface area contributed by atoms with Gasteiger partial charge in [-0.3, -0.25) is 0 Å². The Morgan fingerprint density at radius 3 is 2.42 bits per heavy atom. The lowest BCUT2D eigenvalue weighted by Crippen LogP contribution is -2.30. The van der Waals surface area contributed by atoms with Gasteiger partial charge < -0.3 is 0 Å². The van der Waals surface area contributed by atoms with Crippen LogP contribution in [0, 0.1) is 0 Å². The van der Waals surface area contributed by atoms with Crippen LogP contribution in [0.2, 0.25) is 0 Å². The Morgan fingerprint density at radius 1 is 1.42 bits per heavy atom. The van der Waals surface area contributed by atoms with Gasteiger partial charge in [-0.1, -0.05) is 29.3 Å². The second-order valence-corrected chi connectivity index (χ2v) is 6.03. The Hall–Kier alpha value is 0.390. The van der Waals surface area contributed by atoms with Crippen LogP contribution in [-0.2, 0) is 10.0 Å². The highest BCUT2D eigenvalue weighted by Crippen LogP contribution is 2.06. The predicted octanol–water partition coefficient (Wildman–Crippen LogP) is 1.49. The smallest absolute Gasteiger partial charge is 0.211 e. The molecule has 0 aromatic rings. The van der Waals surface area contributed by atoms with Crippen LogP contribution in [0.25, 0.3) is 0 Å². The predicted molar refractivity (Wildman–Crippen MR) is 55.1 cm³/mol. The Labute approximate surface area is 83.1 Å². The van der Waals surface area contributed by atoms with Gasteiger partial charge in [-0.05, 0) is 13.3 Å². The molecule has 0 saturated carbocycles. The molecule has 1 N–H and O–H groups in total. The summed E-state index contributed by atoms with van der Waals surface area (Å²) in [6.07, 6.45) is 2.05. The molecule has 0 aromatic carbocycles. The molecule has 12 heavy (non-hydrogen) atoms. The van der Waals surface area contributed by atoms with Crippen molar-refractivity contribution in [1.82, 2.24) is 4.72 Å². The highest BCUT2D eigenvalue weighted by atomic mass is 79.9. The Bertz CT molecular complexity index is 203. The van der Waals surface area contributed by atoms with Gasteiger partial charge in [-0.15, -0.1) is 0 Å². The topological polar surface area (TPSA) is 46.2 Å². The maximum Gasteiger partial charge on any atom is 0.211 e. The fraction of sp³-hybridized carbons (Fsp3) is 1.00. The summed E-state index contributed by atoms with van der Waals surface area (Å²) >= 11 is 3.39. The molecule has 0 saturated heterocycles. The van der Waals surface area contributed by atoms with E-state index in [0.717, 1.165) is 12.8 Å². The van der Waals surface area contributed by atoms with Gasteiger partial charge in [0.25, 0.3) is 0 Å². The average molecular weight is 258 g/mol. The van der Waals surface area contributed by atoms with E-state index < -0.39 is 10.0 Å². The highest BCUT2D eigenvalue weighted by Gasteiger charge is 2.09. The van der Waals surface area contributed by atoms with Gasteiger partial charge in [0.15, 0.2) is 0 Å². The fourth-order valence-corrected chi connectivity index (χ4v) is 2.23. The number of hydrogen-bond donors (Lipinski definition) is 1. The van der Waals surface area contributed by atoms with Gasteiger partial charge in [0.2, 0.25) is 10.0 Å². The number of sulfonamides is 1. The van der Waals surface area contributed by atoms with Crippen molar-refractivity contribution < 1.29 is 8.42 Å². The minimum Gasteiger partial charge on any atom is -0.214 e. The van der Waals surface area contributed by atoms with Crippen molar-refractivity contribution in [2.75, 3.05) is 12.3 Å². The van der Waals surface area contributed by atoms with E-state index in [4.69, 9.17) is 0 Å². The maximum atomic E-state index is 11.0. The van der Waals surface area contributed by atoms with E-state index in [1.54, 1.807) is 6.92 Å². The van der Waals surface area contributed by atoms with Crippen molar-refractivity contribution in [3.8, 4) is 0 Å². The first-order valence-corrected chi connectivity index (χ1v) is 6.70. The molecule has 5 heteroatoms. The molecule has 0 spiro atoms. The van der Waals surface area contributed by atoms with E-state index in [1.165, 1.54) is 0 Å². The maximum absolute atomic E-state index is 11.0. The van der Waals surface area contributed by atoms with E-state index in [9.17, 15) is 8.42 Å². The highest BCUT2D eigenvalue weighted by molar-refractivity contribution is 9.09. The first kappa shape index (κ1) is 12.4. The first-order valence-electron chi connectivity index (χ1n) is 4.13. The van der Waals surface area contributed by atoms with Crippen LogP contribution in [0.5, 0.6) is 0 Å². The minimum atomic E-state index is -3.01. The molecule has 1 unspecified atom stereocenters. The molecule has 0 aromatic heterocycles. The first-order chi connectivity index (χ1) is 5.52. The molecular formula is C7H16BrNO2S. The Kier molecular flexibility index (Phi) is 6.13. The standard InChI is InChI=1S/C7H16BrNO2S/c1-3-5-7(8)6-9-12(10,11)4-2/h7,9H,3-6H2,1-2H3. The van der Waals surface area contributed by atoms with Crippen LogP contribution in [0.1, 0.15) is 26.7 Å². The number of halogens is 1. The van der Waals surface area contributed by atoms with E-state index >= 15 is 0 Å². The summed E-state index contributed by atoms with van der Waals surface area (Å²) in [5, 5.41) is 0. The van der Waals surface area contributed by atoms with Crippen molar-refractivity contribution in [2.24, 2.45) is 0 Å². The lowest BCUT2D eigenvalue weighted by molar-refractivity contribution is 0.579. The van der Waals surface area contributed by atoms with Crippen LogP contribution in [0.15, 0.2) is 0 Å². The minimum absolute atomic E-state index is 0.152. The van der Waals surface area contributed by atoms with E-state index in [0.29, 0.717) is 6.54 Å². The normalized spacial score (nSPS) is 14.6. The molecule has 0 bridgehead atoms. The lowest BCUT2D eigenvalue weighted by atomic mass is 10.2. The zero-order valence-corrected chi connectivity index (χ0v) is 9.91. The summed E-state index contributed by atoms with van der Waals surface area (Å²) in [4.78, 5) is 0.254. The third-order valence-electron chi connectivity index (χ3n) is 1.51. The molecule has 0 aliphatic heterocycles. The van der Waals surface area contributed by atoms with Crippen LogP contribution in [0.3, 0.4) is 0 Å². The molecule has 3 nitrogen and oxygen atoms in total. The van der Waals surface area contributed by atoms with Gasteiger partial charge in [-0.25, -0.2) is 13.1 Å². The Morgan fingerprint density at radius 2 is 2.00 bits per heavy atom. The monoisotopic (exact) mass is 257 g/mol. The van der Waals surface area contributed by atoms with Gasteiger partial charge >= 0.3 is 0 Å². The van der Waals surface area contributed by atoms with Gasteiger partial charge in [0, 0.05) is 11.4 Å². The summed E-state index contributed by atoms with van der Waals surface area (Å²) in [6.45, 7) is 4.19. The second-order valence-electron chi connectivity index (χ2n) is 2.64. The number of alkyl halides is 1. The largest absolute Gasteiger partial charge is 0.214 e. The molecule has 0 rings (SSSR count). The third kappa shape index (κ3) is 5.97. The van der Waals surface area contributed by atoms with Crippen LogP contribution < -0.4 is 4.72 Å². The van der Waals surface area contributed by atoms with Crippen LogP contribution >= 0.6 is 15.9 Å². The quantitative estimate of drug-likeness (QED) is 0.734. The molecule has 1 atom stereocenters. The van der Waals surface area contributed by atoms with Gasteiger partial charge in [-0.2, -0.15) is 0 Å². The number of rotatable bonds is 6. The summed E-state index contributed by atoms with van der Waals surface area (Å²) < 4.78 is 24.5. The third-order valence-corrected chi connectivity index (χ3v) is 3.65. The average Bonchev–Trinajstić information content (AvgIpc) is 2.02. The zero-order chi connectivity index (χ0) is 9.61. The number of nitrogens with one attached hydrogen (secondary N) is 1. The fourth-order valence-electron chi connectivity index (χ4n) is 0.735. The van der Waals surface area contributed by atoms with Crippen LogP contribution in [-0.4, -0.2) is 25.5 Å². The summed E-state index contributed by atoms with van der Waals surface area (Å²) in [5.74, 6) is 0.152. The van der Waals surface area contributed by atoms with E-state index in [-0.39, 0.29) is 10.6 Å². The summed E-state index contributed by atoms with van der Waals surface area (Å²) in [7, 11) is -3.01. The lowest BCUT2D eigenvalue weighted by Gasteiger charge is -2.08. The zero-order valence-electron chi connectivity index (χ0n) is 7.51. The SMILES string of the molecule is CCCC(Br)CNS(=O)(=O)CC. The van der Waals surface area contributed by atoms with Gasteiger partial charge in [0.05, 0.1) is 5.75 Å². The Balaban J connectivity index is 3.68. The van der Waals surface area contributed by atoms with E-state index in [1.807, 2.05) is 0 Å². The van der Waals surface area contributed by atoms with Crippen LogP contribution in [0.4, 0.5) is 0 Å². The number of hydrogen-bond acceptors (Lipinski definition) is 2. The van der Waals surface area contributed by atoms with Crippen molar-refractivity contribution >= 4 is 26.0 Å². The molecule has 0 amide bonds. The molecule has 0 radical (unpaired) electrons. The summed E-state index contributed by atoms with van der Waals surface area (Å²) in [6, 6.07) is 0. The molecule has 0 aliphatic rings. The van der Waals surface area contributed by atoms with Crippen molar-refractivity contribution in [1.29, 1.82) is 0 Å². The molecular weight excluding hydrogens is 242 g/mol. The van der Waals surface area contributed by atoms with Crippen molar-refractivity contribution in [2.45, 2.75) is 31.5 Å². The molecule has 74 valence electrons. The molecule has 0 aliphatic carbocycles. The second kappa shape index (κ2) is 5.94.